The molecule has 0 radical (unpaired) electrons. The molecule has 134 valence electrons. The number of nitrogens with one attached hydrogen (secondary N) is 2. The number of hydrogen-bond donors (Lipinski definition) is 3. The fourth-order valence-electron chi connectivity index (χ4n) is 2.06. The fourth-order valence-corrected chi connectivity index (χ4v) is 2.06. The third-order valence-electron chi connectivity index (χ3n) is 3.19. The first kappa shape index (κ1) is 19.6. The number of carbonyl (C=O) groups is 3. The van der Waals surface area contributed by atoms with Gasteiger partial charge in [0, 0.05) is 6.42 Å². The molecule has 24 heavy (non-hydrogen) atoms. The normalized spacial score (nSPS) is 12.2. The van der Waals surface area contributed by atoms with Gasteiger partial charge in [0.25, 0.3) is 0 Å². The minimum absolute atomic E-state index is 0.0659. The van der Waals surface area contributed by atoms with Crippen molar-refractivity contribution in [3.05, 3.63) is 11.9 Å². The summed E-state index contributed by atoms with van der Waals surface area (Å²) in [7, 11) is 0. The van der Waals surface area contributed by atoms with Crippen molar-refractivity contribution >= 4 is 17.8 Å². The third-order valence-corrected chi connectivity index (χ3v) is 3.19. The Labute approximate surface area is 140 Å². The third kappa shape index (κ3) is 6.76. The SMILES string of the molecule is CC(C)CC(=O)NC(C(=O)NCc1cn(CC(=O)O)nn1)C(C)C. The maximum absolute atomic E-state index is 12.3. The van der Waals surface area contributed by atoms with Gasteiger partial charge in [-0.3, -0.25) is 14.4 Å². The Balaban J connectivity index is 2.57. The van der Waals surface area contributed by atoms with E-state index in [1.165, 1.54) is 10.9 Å². The number of aromatic nitrogens is 3. The van der Waals surface area contributed by atoms with Gasteiger partial charge in [0.15, 0.2) is 0 Å². The molecule has 2 amide bonds. The highest BCUT2D eigenvalue weighted by molar-refractivity contribution is 5.87. The molecule has 1 unspecified atom stereocenters. The molecule has 0 aliphatic heterocycles. The number of hydrogen-bond acceptors (Lipinski definition) is 5. The minimum Gasteiger partial charge on any atom is -0.480 e. The molecule has 1 atom stereocenters. The first-order valence-corrected chi connectivity index (χ1v) is 7.87. The molecule has 0 spiro atoms. The molecule has 0 aliphatic carbocycles. The standard InChI is InChI=1S/C15H25N5O4/c1-9(2)5-12(21)17-14(10(3)4)15(24)16-6-11-7-20(19-18-11)8-13(22)23/h7,9-10,14H,5-6,8H2,1-4H3,(H,16,24)(H,17,21)(H,22,23). The van der Waals surface area contributed by atoms with Crippen LogP contribution in [0.4, 0.5) is 0 Å². The van der Waals surface area contributed by atoms with Crippen LogP contribution in [-0.2, 0) is 27.5 Å². The zero-order chi connectivity index (χ0) is 18.3. The van der Waals surface area contributed by atoms with Gasteiger partial charge < -0.3 is 15.7 Å². The second kappa shape index (κ2) is 8.99. The summed E-state index contributed by atoms with van der Waals surface area (Å²) in [4.78, 5) is 34.8. The number of carbonyl (C=O) groups excluding carboxylic acids is 2. The van der Waals surface area contributed by atoms with Crippen LogP contribution in [0, 0.1) is 11.8 Å². The minimum atomic E-state index is -1.02. The molecular weight excluding hydrogens is 314 g/mol. The van der Waals surface area contributed by atoms with Crippen LogP contribution >= 0.6 is 0 Å². The van der Waals surface area contributed by atoms with E-state index < -0.39 is 12.0 Å². The van der Waals surface area contributed by atoms with Crippen LogP contribution in [-0.4, -0.2) is 43.9 Å². The summed E-state index contributed by atoms with van der Waals surface area (Å²) >= 11 is 0. The highest BCUT2D eigenvalue weighted by atomic mass is 16.4. The first-order chi connectivity index (χ1) is 11.2. The van der Waals surface area contributed by atoms with Gasteiger partial charge in [-0.15, -0.1) is 5.10 Å². The number of nitrogens with zero attached hydrogens (tertiary/aromatic N) is 3. The summed E-state index contributed by atoms with van der Waals surface area (Å²) in [6, 6.07) is -0.634. The average molecular weight is 339 g/mol. The molecule has 1 aromatic heterocycles. The average Bonchev–Trinajstić information content (AvgIpc) is 2.87. The van der Waals surface area contributed by atoms with Gasteiger partial charge in [-0.1, -0.05) is 32.9 Å². The van der Waals surface area contributed by atoms with Crippen LogP contribution in [0.5, 0.6) is 0 Å². The second-order valence-corrected chi connectivity index (χ2v) is 6.41. The molecule has 9 heteroatoms. The van der Waals surface area contributed by atoms with Crippen LogP contribution in [0.25, 0.3) is 0 Å². The van der Waals surface area contributed by atoms with E-state index in [1.807, 2.05) is 27.7 Å². The maximum Gasteiger partial charge on any atom is 0.325 e. The summed E-state index contributed by atoms with van der Waals surface area (Å²) < 4.78 is 1.17. The van der Waals surface area contributed by atoms with Crippen molar-refractivity contribution in [1.29, 1.82) is 0 Å². The lowest BCUT2D eigenvalue weighted by Crippen LogP contribution is -2.49. The Bertz CT molecular complexity index is 582. The van der Waals surface area contributed by atoms with Crippen LogP contribution in [0.15, 0.2) is 6.20 Å². The molecule has 0 aliphatic rings. The molecule has 1 aromatic rings. The van der Waals surface area contributed by atoms with Gasteiger partial charge in [0.1, 0.15) is 18.3 Å². The van der Waals surface area contributed by atoms with Gasteiger partial charge in [-0.2, -0.15) is 0 Å². The highest BCUT2D eigenvalue weighted by Gasteiger charge is 2.24. The molecule has 0 saturated heterocycles. The monoisotopic (exact) mass is 339 g/mol. The Morgan fingerprint density at radius 2 is 1.92 bits per heavy atom. The molecule has 0 bridgehead atoms. The van der Waals surface area contributed by atoms with Crippen LogP contribution in [0.2, 0.25) is 0 Å². The lowest BCUT2D eigenvalue weighted by molar-refractivity contribution is -0.138. The Kier molecular flexibility index (Phi) is 7.34. The van der Waals surface area contributed by atoms with Gasteiger partial charge in [0.2, 0.25) is 11.8 Å². The number of carboxylic acid groups (broad SMARTS) is 1. The number of carboxylic acids is 1. The number of rotatable bonds is 9. The van der Waals surface area contributed by atoms with Crippen molar-refractivity contribution in [3.8, 4) is 0 Å². The second-order valence-electron chi connectivity index (χ2n) is 6.41. The lowest BCUT2D eigenvalue weighted by Gasteiger charge is -2.22. The summed E-state index contributed by atoms with van der Waals surface area (Å²) in [6.07, 6.45) is 1.82. The van der Waals surface area contributed by atoms with Crippen LogP contribution in [0.1, 0.15) is 39.8 Å². The molecule has 1 heterocycles. The van der Waals surface area contributed by atoms with Crippen molar-refractivity contribution in [2.24, 2.45) is 11.8 Å². The van der Waals surface area contributed by atoms with E-state index in [1.54, 1.807) is 0 Å². The first-order valence-electron chi connectivity index (χ1n) is 7.87. The van der Waals surface area contributed by atoms with E-state index in [4.69, 9.17) is 5.11 Å². The van der Waals surface area contributed by atoms with Crippen LogP contribution in [0.3, 0.4) is 0 Å². The van der Waals surface area contributed by atoms with E-state index in [0.717, 1.165) is 0 Å². The van der Waals surface area contributed by atoms with Crippen molar-refractivity contribution in [3.63, 3.8) is 0 Å². The van der Waals surface area contributed by atoms with Gasteiger partial charge in [0.05, 0.1) is 12.7 Å². The van der Waals surface area contributed by atoms with Crippen molar-refractivity contribution < 1.29 is 19.5 Å². The molecule has 9 nitrogen and oxygen atoms in total. The topological polar surface area (TPSA) is 126 Å². The molecule has 3 N–H and O–H groups in total. The smallest absolute Gasteiger partial charge is 0.325 e. The molecular formula is C15H25N5O4. The fraction of sp³-hybridized carbons (Fsp3) is 0.667. The predicted octanol–water partition coefficient (Wildman–Crippen LogP) is 0.166. The summed E-state index contributed by atoms with van der Waals surface area (Å²) in [5, 5.41) is 21.6. The van der Waals surface area contributed by atoms with Crippen LogP contribution < -0.4 is 10.6 Å². The summed E-state index contributed by atoms with van der Waals surface area (Å²) in [5.74, 6) is -1.35. The maximum atomic E-state index is 12.3. The largest absolute Gasteiger partial charge is 0.480 e. The van der Waals surface area contributed by atoms with E-state index in [2.05, 4.69) is 20.9 Å². The number of aliphatic carboxylic acids is 1. The molecule has 1 rings (SSSR count). The van der Waals surface area contributed by atoms with Crippen molar-refractivity contribution in [2.45, 2.75) is 53.2 Å². The summed E-state index contributed by atoms with van der Waals surface area (Å²) in [6.45, 7) is 7.39. The highest BCUT2D eigenvalue weighted by Crippen LogP contribution is 2.05. The number of amides is 2. The Morgan fingerprint density at radius 3 is 2.46 bits per heavy atom. The van der Waals surface area contributed by atoms with E-state index in [-0.39, 0.29) is 36.7 Å². The van der Waals surface area contributed by atoms with Crippen molar-refractivity contribution in [2.75, 3.05) is 0 Å². The predicted molar refractivity (Wildman–Crippen MR) is 85.7 cm³/mol. The Hall–Kier alpha value is -2.45. The van der Waals surface area contributed by atoms with E-state index >= 15 is 0 Å². The molecule has 0 aromatic carbocycles. The van der Waals surface area contributed by atoms with Gasteiger partial charge in [-0.25, -0.2) is 4.68 Å². The quantitative estimate of drug-likeness (QED) is 0.588. The van der Waals surface area contributed by atoms with E-state index in [9.17, 15) is 14.4 Å². The van der Waals surface area contributed by atoms with Crippen molar-refractivity contribution in [1.82, 2.24) is 25.6 Å². The summed E-state index contributed by atoms with van der Waals surface area (Å²) in [5.41, 5.74) is 0.445. The zero-order valence-corrected chi connectivity index (χ0v) is 14.4. The molecule has 0 saturated carbocycles. The zero-order valence-electron chi connectivity index (χ0n) is 14.4. The van der Waals surface area contributed by atoms with E-state index in [0.29, 0.717) is 12.1 Å². The van der Waals surface area contributed by atoms with Gasteiger partial charge >= 0.3 is 5.97 Å². The lowest BCUT2D eigenvalue weighted by atomic mass is 10.0. The van der Waals surface area contributed by atoms with Gasteiger partial charge in [-0.05, 0) is 11.8 Å². The molecule has 0 fully saturated rings. The Morgan fingerprint density at radius 1 is 1.25 bits per heavy atom.